The molecule has 0 aliphatic carbocycles. The second-order valence-electron chi connectivity index (χ2n) is 5.39. The highest BCUT2D eigenvalue weighted by Crippen LogP contribution is 2.37. The van der Waals surface area contributed by atoms with Crippen molar-refractivity contribution in [2.24, 2.45) is 4.99 Å². The Morgan fingerprint density at radius 1 is 1.23 bits per heavy atom. The third-order valence-electron chi connectivity index (χ3n) is 3.49. The molecule has 3 aromatic rings. The fourth-order valence-corrected chi connectivity index (χ4v) is 4.37. The van der Waals surface area contributed by atoms with Crippen molar-refractivity contribution in [2.45, 2.75) is 6.92 Å². The van der Waals surface area contributed by atoms with Crippen LogP contribution in [0.1, 0.15) is 11.5 Å². The van der Waals surface area contributed by atoms with Crippen LogP contribution in [0.15, 0.2) is 66.8 Å². The first-order chi connectivity index (χ1) is 12.6. The minimum atomic E-state index is -0.138. The number of amides is 1. The smallest absolute Gasteiger partial charge is 0.271 e. The SMILES string of the molecule is Cc1csc(/N=C2/S/C(=C/c3ccc(Br)o3)C(=O)N2c2ccccc2)n1. The van der Waals surface area contributed by atoms with E-state index in [1.165, 1.54) is 23.1 Å². The summed E-state index contributed by atoms with van der Waals surface area (Å²) in [7, 11) is 0. The second kappa shape index (κ2) is 7.22. The normalized spacial score (nSPS) is 17.6. The van der Waals surface area contributed by atoms with Gasteiger partial charge in [-0.15, -0.1) is 11.3 Å². The molecule has 0 saturated carbocycles. The Labute approximate surface area is 166 Å². The molecule has 4 rings (SSSR count). The van der Waals surface area contributed by atoms with Gasteiger partial charge in [-0.3, -0.25) is 9.69 Å². The van der Waals surface area contributed by atoms with Crippen molar-refractivity contribution < 1.29 is 9.21 Å². The fraction of sp³-hybridized carbons (Fsp3) is 0.0556. The number of thiazole rings is 1. The average molecular weight is 446 g/mol. The highest BCUT2D eigenvalue weighted by Gasteiger charge is 2.35. The van der Waals surface area contributed by atoms with Crippen molar-refractivity contribution in [2.75, 3.05) is 4.90 Å². The molecule has 5 nitrogen and oxygen atoms in total. The lowest BCUT2D eigenvalue weighted by Crippen LogP contribution is -2.28. The Bertz CT molecular complexity index is 1020. The number of aryl methyl sites for hydroxylation is 1. The van der Waals surface area contributed by atoms with Crippen molar-refractivity contribution in [1.29, 1.82) is 0 Å². The molecule has 1 aliphatic heterocycles. The van der Waals surface area contributed by atoms with E-state index in [9.17, 15) is 4.79 Å². The summed E-state index contributed by atoms with van der Waals surface area (Å²) < 4.78 is 6.12. The van der Waals surface area contributed by atoms with Gasteiger partial charge in [-0.1, -0.05) is 18.2 Å². The molecule has 3 heterocycles. The summed E-state index contributed by atoms with van der Waals surface area (Å²) in [5, 5.41) is 3.14. The maximum absolute atomic E-state index is 13.0. The fourth-order valence-electron chi connectivity index (χ4n) is 2.36. The Hall–Kier alpha value is -2.16. The van der Waals surface area contributed by atoms with Crippen LogP contribution in [-0.2, 0) is 4.79 Å². The van der Waals surface area contributed by atoms with Crippen molar-refractivity contribution in [3.05, 3.63) is 68.9 Å². The molecule has 1 aliphatic rings. The maximum Gasteiger partial charge on any atom is 0.271 e. The molecule has 0 N–H and O–H groups in total. The van der Waals surface area contributed by atoms with E-state index in [-0.39, 0.29) is 5.91 Å². The minimum absolute atomic E-state index is 0.138. The summed E-state index contributed by atoms with van der Waals surface area (Å²) in [6, 6.07) is 13.1. The van der Waals surface area contributed by atoms with Gasteiger partial charge in [0, 0.05) is 11.5 Å². The lowest BCUT2D eigenvalue weighted by Gasteiger charge is -2.14. The molecule has 1 saturated heterocycles. The summed E-state index contributed by atoms with van der Waals surface area (Å²) in [4.78, 5) is 24.1. The number of hydrogen-bond acceptors (Lipinski definition) is 6. The van der Waals surface area contributed by atoms with Crippen LogP contribution in [0.25, 0.3) is 6.08 Å². The first-order valence-electron chi connectivity index (χ1n) is 7.65. The van der Waals surface area contributed by atoms with Crippen LogP contribution < -0.4 is 4.90 Å². The summed E-state index contributed by atoms with van der Waals surface area (Å²) in [6.45, 7) is 1.92. The maximum atomic E-state index is 13.0. The Balaban J connectivity index is 1.76. The van der Waals surface area contributed by atoms with E-state index in [0.717, 1.165) is 11.4 Å². The van der Waals surface area contributed by atoms with E-state index in [2.05, 4.69) is 25.9 Å². The molecule has 0 unspecified atom stereocenters. The van der Waals surface area contributed by atoms with Gasteiger partial charge in [0.15, 0.2) is 9.84 Å². The largest absolute Gasteiger partial charge is 0.450 e. The standard InChI is InChI=1S/C18H12BrN3O2S2/c1-11-10-25-17(20-11)21-18-22(12-5-3-2-4-6-12)16(23)14(26-18)9-13-7-8-15(19)24-13/h2-10H,1H3/b14-9+,21-18+. The summed E-state index contributed by atoms with van der Waals surface area (Å²) in [5.74, 6) is 0.466. The number of benzene rings is 1. The molecule has 26 heavy (non-hydrogen) atoms. The third kappa shape index (κ3) is 3.53. The number of anilines is 1. The Morgan fingerprint density at radius 3 is 2.69 bits per heavy atom. The molecular weight excluding hydrogens is 434 g/mol. The Kier molecular flexibility index (Phi) is 4.80. The van der Waals surface area contributed by atoms with Crippen LogP contribution >= 0.6 is 39.0 Å². The number of rotatable bonds is 3. The van der Waals surface area contributed by atoms with E-state index in [4.69, 9.17) is 4.42 Å². The molecule has 0 radical (unpaired) electrons. The number of aromatic nitrogens is 1. The molecule has 0 bridgehead atoms. The first-order valence-corrected chi connectivity index (χ1v) is 10.1. The van der Waals surface area contributed by atoms with Crippen LogP contribution in [0.4, 0.5) is 10.8 Å². The van der Waals surface area contributed by atoms with Crippen LogP contribution in [0.2, 0.25) is 0 Å². The Morgan fingerprint density at radius 2 is 2.04 bits per heavy atom. The zero-order chi connectivity index (χ0) is 18.1. The van der Waals surface area contributed by atoms with Gasteiger partial charge in [0.05, 0.1) is 16.3 Å². The minimum Gasteiger partial charge on any atom is -0.450 e. The lowest BCUT2D eigenvalue weighted by atomic mass is 10.3. The van der Waals surface area contributed by atoms with Gasteiger partial charge in [0.25, 0.3) is 5.91 Å². The molecule has 130 valence electrons. The van der Waals surface area contributed by atoms with Gasteiger partial charge in [-0.2, -0.15) is 4.99 Å². The van der Waals surface area contributed by atoms with Gasteiger partial charge in [-0.05, 0) is 58.9 Å². The molecule has 2 aromatic heterocycles. The topological polar surface area (TPSA) is 58.7 Å². The van der Waals surface area contributed by atoms with Crippen LogP contribution in [0, 0.1) is 6.92 Å². The summed E-state index contributed by atoms with van der Waals surface area (Å²) in [5.41, 5.74) is 1.67. The van der Waals surface area contributed by atoms with Crippen LogP contribution in [0.5, 0.6) is 0 Å². The molecule has 1 fully saturated rings. The first kappa shape index (κ1) is 17.3. The summed E-state index contributed by atoms with van der Waals surface area (Å²) in [6.07, 6.45) is 1.73. The number of nitrogens with zero attached hydrogens (tertiary/aromatic N) is 3. The van der Waals surface area contributed by atoms with Crippen molar-refractivity contribution >= 4 is 67.0 Å². The van der Waals surface area contributed by atoms with E-state index in [1.54, 1.807) is 23.1 Å². The van der Waals surface area contributed by atoms with Gasteiger partial charge in [0.2, 0.25) is 5.13 Å². The molecule has 0 atom stereocenters. The van der Waals surface area contributed by atoms with Gasteiger partial charge < -0.3 is 4.42 Å². The highest BCUT2D eigenvalue weighted by atomic mass is 79.9. The number of carbonyl (C=O) groups is 1. The average Bonchev–Trinajstić information content (AvgIpc) is 3.30. The van der Waals surface area contributed by atoms with Gasteiger partial charge >= 0.3 is 0 Å². The molecular formula is C18H12BrN3O2S2. The molecule has 1 amide bonds. The summed E-state index contributed by atoms with van der Waals surface area (Å²) >= 11 is 6.03. The third-order valence-corrected chi connectivity index (χ3v) is 5.73. The van der Waals surface area contributed by atoms with E-state index >= 15 is 0 Å². The highest BCUT2D eigenvalue weighted by molar-refractivity contribution is 9.10. The predicted molar refractivity (Wildman–Crippen MR) is 110 cm³/mol. The molecule has 8 heteroatoms. The van der Waals surface area contributed by atoms with Crippen LogP contribution in [0.3, 0.4) is 0 Å². The number of halogens is 1. The number of amidine groups is 1. The quantitative estimate of drug-likeness (QED) is 0.491. The zero-order valence-electron chi connectivity index (χ0n) is 13.5. The number of carbonyl (C=O) groups excluding carboxylic acids is 1. The molecule has 0 spiro atoms. The van der Waals surface area contributed by atoms with E-state index in [0.29, 0.717) is 25.6 Å². The number of para-hydroxylation sites is 1. The zero-order valence-corrected chi connectivity index (χ0v) is 16.8. The number of thioether (sulfide) groups is 1. The van der Waals surface area contributed by atoms with Crippen LogP contribution in [-0.4, -0.2) is 16.1 Å². The van der Waals surface area contributed by atoms with Gasteiger partial charge in [0.1, 0.15) is 5.76 Å². The monoisotopic (exact) mass is 445 g/mol. The van der Waals surface area contributed by atoms with Crippen molar-refractivity contribution in [1.82, 2.24) is 4.98 Å². The molecule has 1 aromatic carbocycles. The van der Waals surface area contributed by atoms with E-state index in [1.807, 2.05) is 42.6 Å². The van der Waals surface area contributed by atoms with Gasteiger partial charge in [-0.25, -0.2) is 4.98 Å². The predicted octanol–water partition coefficient (Wildman–Crippen LogP) is 5.62. The second-order valence-corrected chi connectivity index (χ2v) is 8.02. The number of aliphatic imine (C=N–C) groups is 1. The van der Waals surface area contributed by atoms with E-state index < -0.39 is 0 Å². The number of hydrogen-bond donors (Lipinski definition) is 0. The van der Waals surface area contributed by atoms with Crippen molar-refractivity contribution in [3.63, 3.8) is 0 Å². The van der Waals surface area contributed by atoms with Crippen molar-refractivity contribution in [3.8, 4) is 0 Å². The lowest BCUT2D eigenvalue weighted by molar-refractivity contribution is -0.113. The number of furan rings is 1.